The maximum absolute atomic E-state index is 13.8. The Bertz CT molecular complexity index is 656. The average Bonchev–Trinajstić information content (AvgIpc) is 2.92. The number of rotatable bonds is 3. The van der Waals surface area contributed by atoms with Gasteiger partial charge in [0.1, 0.15) is 0 Å². The van der Waals surface area contributed by atoms with Crippen molar-refractivity contribution >= 4 is 22.7 Å². The van der Waals surface area contributed by atoms with E-state index in [-0.39, 0.29) is 11.8 Å². The van der Waals surface area contributed by atoms with E-state index >= 15 is 0 Å². The molecular formula is C16H19FN2OS. The molecule has 1 aromatic heterocycles. The molecule has 1 unspecified atom stereocenters. The Morgan fingerprint density at radius 2 is 2.29 bits per heavy atom. The molecule has 0 fully saturated rings. The topological polar surface area (TPSA) is 38.5 Å². The SMILES string of the molecule is CCOc1cc(N2CCc3sccc3C2C)c(N)cc1F. The van der Waals surface area contributed by atoms with E-state index in [2.05, 4.69) is 23.3 Å². The molecule has 0 saturated carbocycles. The number of hydrogen-bond donors (Lipinski definition) is 1. The summed E-state index contributed by atoms with van der Waals surface area (Å²) in [6.45, 7) is 5.32. The third-order valence-electron chi connectivity index (χ3n) is 3.97. The van der Waals surface area contributed by atoms with Crippen molar-refractivity contribution in [1.29, 1.82) is 0 Å². The number of anilines is 2. The third kappa shape index (κ3) is 2.46. The first-order valence-electron chi connectivity index (χ1n) is 7.16. The highest BCUT2D eigenvalue weighted by Gasteiger charge is 2.27. The fourth-order valence-corrected chi connectivity index (χ4v) is 3.87. The van der Waals surface area contributed by atoms with Crippen molar-refractivity contribution in [3.8, 4) is 5.75 Å². The Balaban J connectivity index is 1.99. The lowest BCUT2D eigenvalue weighted by molar-refractivity contribution is 0.321. The van der Waals surface area contributed by atoms with Gasteiger partial charge in [-0.1, -0.05) is 0 Å². The zero-order valence-electron chi connectivity index (χ0n) is 12.2. The molecule has 3 rings (SSSR count). The van der Waals surface area contributed by atoms with E-state index in [1.54, 1.807) is 17.4 Å². The van der Waals surface area contributed by atoms with Gasteiger partial charge < -0.3 is 15.4 Å². The van der Waals surface area contributed by atoms with Gasteiger partial charge in [0.15, 0.2) is 11.6 Å². The molecular weight excluding hydrogens is 287 g/mol. The van der Waals surface area contributed by atoms with E-state index in [4.69, 9.17) is 10.5 Å². The van der Waals surface area contributed by atoms with Crippen LogP contribution in [0.4, 0.5) is 15.8 Å². The predicted octanol–water partition coefficient (Wildman–Crippen LogP) is 3.99. The molecule has 0 amide bonds. The maximum Gasteiger partial charge on any atom is 0.167 e. The van der Waals surface area contributed by atoms with Gasteiger partial charge in [0.25, 0.3) is 0 Å². The van der Waals surface area contributed by atoms with Crippen molar-refractivity contribution in [2.45, 2.75) is 26.3 Å². The molecule has 1 aromatic carbocycles. The molecule has 2 aromatic rings. The number of thiophene rings is 1. The van der Waals surface area contributed by atoms with Crippen LogP contribution >= 0.6 is 11.3 Å². The largest absolute Gasteiger partial charge is 0.491 e. The monoisotopic (exact) mass is 306 g/mol. The van der Waals surface area contributed by atoms with Gasteiger partial charge in [0.05, 0.1) is 24.0 Å². The second-order valence-electron chi connectivity index (χ2n) is 5.19. The predicted molar refractivity (Wildman–Crippen MR) is 85.8 cm³/mol. The van der Waals surface area contributed by atoms with Crippen molar-refractivity contribution in [3.63, 3.8) is 0 Å². The number of halogens is 1. The lowest BCUT2D eigenvalue weighted by Crippen LogP contribution is -2.33. The Labute approximate surface area is 128 Å². The lowest BCUT2D eigenvalue weighted by atomic mass is 10.00. The highest BCUT2D eigenvalue weighted by atomic mass is 32.1. The van der Waals surface area contributed by atoms with Crippen molar-refractivity contribution < 1.29 is 9.13 Å². The normalized spacial score (nSPS) is 17.7. The fourth-order valence-electron chi connectivity index (χ4n) is 2.91. The van der Waals surface area contributed by atoms with Gasteiger partial charge in [0.2, 0.25) is 0 Å². The maximum atomic E-state index is 13.8. The van der Waals surface area contributed by atoms with Crippen molar-refractivity contribution in [1.82, 2.24) is 0 Å². The lowest BCUT2D eigenvalue weighted by Gasteiger charge is -2.36. The first-order chi connectivity index (χ1) is 10.1. The molecule has 0 saturated heterocycles. The molecule has 2 heterocycles. The summed E-state index contributed by atoms with van der Waals surface area (Å²) in [6, 6.07) is 5.49. The van der Waals surface area contributed by atoms with Crippen LogP contribution in [0.1, 0.15) is 30.3 Å². The highest BCUT2D eigenvalue weighted by molar-refractivity contribution is 7.10. The van der Waals surface area contributed by atoms with Crippen LogP contribution in [0.2, 0.25) is 0 Å². The van der Waals surface area contributed by atoms with Crippen molar-refractivity contribution in [3.05, 3.63) is 39.8 Å². The Kier molecular flexibility index (Phi) is 3.76. The van der Waals surface area contributed by atoms with Gasteiger partial charge in [-0.05, 0) is 37.3 Å². The van der Waals surface area contributed by atoms with Crippen LogP contribution < -0.4 is 15.4 Å². The Hall–Kier alpha value is -1.75. The molecule has 0 spiro atoms. The average molecular weight is 306 g/mol. The van der Waals surface area contributed by atoms with Crippen LogP contribution in [-0.2, 0) is 6.42 Å². The number of fused-ring (bicyclic) bond motifs is 1. The summed E-state index contributed by atoms with van der Waals surface area (Å²) in [6.07, 6.45) is 0.998. The highest BCUT2D eigenvalue weighted by Crippen LogP contribution is 2.40. The number of nitrogens with zero attached hydrogens (tertiary/aromatic N) is 1. The van der Waals surface area contributed by atoms with E-state index < -0.39 is 5.82 Å². The summed E-state index contributed by atoms with van der Waals surface area (Å²) >= 11 is 1.80. The second-order valence-corrected chi connectivity index (χ2v) is 6.19. The summed E-state index contributed by atoms with van der Waals surface area (Å²) < 4.78 is 19.2. The Morgan fingerprint density at radius 1 is 1.48 bits per heavy atom. The van der Waals surface area contributed by atoms with E-state index in [1.165, 1.54) is 16.5 Å². The molecule has 0 aliphatic carbocycles. The Morgan fingerprint density at radius 3 is 3.05 bits per heavy atom. The van der Waals surface area contributed by atoms with Crippen molar-refractivity contribution in [2.24, 2.45) is 0 Å². The number of nitrogen functional groups attached to an aromatic ring is 1. The quantitative estimate of drug-likeness (QED) is 0.871. The zero-order valence-corrected chi connectivity index (χ0v) is 13.0. The minimum absolute atomic E-state index is 0.238. The van der Waals surface area contributed by atoms with E-state index in [0.29, 0.717) is 12.3 Å². The second kappa shape index (κ2) is 5.56. The molecule has 2 N–H and O–H groups in total. The molecule has 5 heteroatoms. The molecule has 0 radical (unpaired) electrons. The first-order valence-corrected chi connectivity index (χ1v) is 8.04. The minimum Gasteiger partial charge on any atom is -0.491 e. The van der Waals surface area contributed by atoms with Crippen LogP contribution in [0.5, 0.6) is 5.75 Å². The standard InChI is InChI=1S/C16H19FN2OS/c1-3-20-15-9-14(13(18)8-12(15)17)19-6-4-16-11(10(19)2)5-7-21-16/h5,7-10H,3-4,6,18H2,1-2H3. The van der Waals surface area contributed by atoms with Gasteiger partial charge in [-0.3, -0.25) is 0 Å². The van der Waals surface area contributed by atoms with Crippen LogP contribution in [0.15, 0.2) is 23.6 Å². The summed E-state index contributed by atoms with van der Waals surface area (Å²) in [5.41, 5.74) is 8.69. The molecule has 112 valence electrons. The van der Waals surface area contributed by atoms with Gasteiger partial charge in [-0.15, -0.1) is 11.3 Å². The third-order valence-corrected chi connectivity index (χ3v) is 4.96. The fraction of sp³-hybridized carbons (Fsp3) is 0.375. The van der Waals surface area contributed by atoms with Crippen molar-refractivity contribution in [2.75, 3.05) is 23.8 Å². The van der Waals surface area contributed by atoms with Gasteiger partial charge in [-0.2, -0.15) is 0 Å². The van der Waals surface area contributed by atoms with Crippen LogP contribution in [0, 0.1) is 5.82 Å². The smallest absolute Gasteiger partial charge is 0.167 e. The molecule has 0 bridgehead atoms. The van der Waals surface area contributed by atoms with Gasteiger partial charge >= 0.3 is 0 Å². The summed E-state index contributed by atoms with van der Waals surface area (Å²) in [4.78, 5) is 3.66. The molecule has 1 aliphatic heterocycles. The minimum atomic E-state index is -0.404. The van der Waals surface area contributed by atoms with Crippen LogP contribution in [-0.4, -0.2) is 13.2 Å². The number of hydrogen-bond acceptors (Lipinski definition) is 4. The summed E-state index contributed by atoms with van der Waals surface area (Å²) in [5, 5.41) is 2.13. The summed E-state index contributed by atoms with van der Waals surface area (Å²) in [7, 11) is 0. The number of nitrogens with two attached hydrogens (primary N) is 1. The molecule has 1 atom stereocenters. The molecule has 3 nitrogen and oxygen atoms in total. The first kappa shape index (κ1) is 14.2. The van der Waals surface area contributed by atoms with Gasteiger partial charge in [0, 0.05) is 23.6 Å². The van der Waals surface area contributed by atoms with E-state index in [0.717, 1.165) is 18.7 Å². The van der Waals surface area contributed by atoms with Crippen LogP contribution in [0.25, 0.3) is 0 Å². The van der Waals surface area contributed by atoms with E-state index in [9.17, 15) is 4.39 Å². The molecule has 1 aliphatic rings. The molecule has 21 heavy (non-hydrogen) atoms. The number of benzene rings is 1. The number of ether oxygens (including phenoxy) is 1. The zero-order chi connectivity index (χ0) is 15.0. The summed E-state index contributed by atoms with van der Waals surface area (Å²) in [5.74, 6) is -0.135. The van der Waals surface area contributed by atoms with Crippen LogP contribution in [0.3, 0.4) is 0 Å². The van der Waals surface area contributed by atoms with E-state index in [1.807, 2.05) is 6.92 Å². The van der Waals surface area contributed by atoms with Gasteiger partial charge in [-0.25, -0.2) is 4.39 Å².